The Morgan fingerprint density at radius 2 is 2.00 bits per heavy atom. The lowest BCUT2D eigenvalue weighted by Gasteiger charge is -2.25. The maximum Gasteiger partial charge on any atom is 0.269 e. The third-order valence-electron chi connectivity index (χ3n) is 4.01. The van der Waals surface area contributed by atoms with E-state index in [1.807, 2.05) is 0 Å². The highest BCUT2D eigenvalue weighted by atomic mass is 19.1. The van der Waals surface area contributed by atoms with Crippen LogP contribution in [0.15, 0.2) is 23.0 Å². The van der Waals surface area contributed by atoms with Crippen LogP contribution >= 0.6 is 0 Å². The minimum Gasteiger partial charge on any atom is -0.352 e. The molecule has 0 bridgehead atoms. The van der Waals surface area contributed by atoms with Crippen molar-refractivity contribution in [2.24, 2.45) is 7.05 Å². The van der Waals surface area contributed by atoms with E-state index in [0.29, 0.717) is 29.1 Å². The number of carbonyl (C=O) groups excluding carboxylic acids is 1. The number of nitrogens with zero attached hydrogens (tertiary/aromatic N) is 1. The van der Waals surface area contributed by atoms with E-state index in [9.17, 15) is 14.0 Å². The summed E-state index contributed by atoms with van der Waals surface area (Å²) in [6.45, 7) is 3.72. The van der Waals surface area contributed by atoms with E-state index in [1.165, 1.54) is 10.6 Å². The molecule has 1 aliphatic rings. The molecule has 0 saturated heterocycles. The fourth-order valence-electron chi connectivity index (χ4n) is 2.72. The molecule has 0 unspecified atom stereocenters. The van der Waals surface area contributed by atoms with Gasteiger partial charge in [0.1, 0.15) is 5.82 Å². The van der Waals surface area contributed by atoms with Crippen LogP contribution in [0.5, 0.6) is 0 Å². The van der Waals surface area contributed by atoms with Crippen molar-refractivity contribution in [3.8, 4) is 0 Å². The average Bonchev–Trinajstić information content (AvgIpc) is 2.51. The van der Waals surface area contributed by atoms with E-state index in [2.05, 4.69) is 16.2 Å². The Labute approximate surface area is 132 Å². The van der Waals surface area contributed by atoms with Gasteiger partial charge in [0.05, 0.1) is 29.2 Å². The number of carbonyl (C=O) groups is 1. The third-order valence-corrected chi connectivity index (χ3v) is 4.01. The van der Waals surface area contributed by atoms with Crippen molar-refractivity contribution >= 4 is 17.3 Å². The number of fused-ring (bicyclic) bond motifs is 1. The number of halogens is 1. The zero-order valence-electron chi connectivity index (χ0n) is 13.1. The van der Waals surface area contributed by atoms with E-state index in [1.54, 1.807) is 33.0 Å². The second-order valence-corrected chi connectivity index (χ2v) is 5.60. The van der Waals surface area contributed by atoms with Crippen LogP contribution in [0.1, 0.15) is 27.2 Å². The van der Waals surface area contributed by atoms with Gasteiger partial charge >= 0.3 is 0 Å². The van der Waals surface area contributed by atoms with Crippen LogP contribution in [-0.2, 0) is 13.6 Å². The summed E-state index contributed by atoms with van der Waals surface area (Å²) in [5.41, 5.74) is 7.64. The van der Waals surface area contributed by atoms with Crippen LogP contribution in [0, 0.1) is 19.7 Å². The molecule has 7 heteroatoms. The maximum atomic E-state index is 14.1. The molecule has 1 aromatic heterocycles. The van der Waals surface area contributed by atoms with Crippen LogP contribution in [0.4, 0.5) is 15.8 Å². The first kappa shape index (κ1) is 15.2. The Balaban J connectivity index is 2.21. The molecule has 3 rings (SSSR count). The molecule has 0 spiro atoms. The third kappa shape index (κ3) is 2.49. The van der Waals surface area contributed by atoms with Gasteiger partial charge < -0.3 is 9.88 Å². The van der Waals surface area contributed by atoms with Crippen LogP contribution in [0.3, 0.4) is 0 Å². The smallest absolute Gasteiger partial charge is 0.269 e. The van der Waals surface area contributed by atoms with Crippen molar-refractivity contribution in [2.45, 2.75) is 20.4 Å². The molecule has 3 N–H and O–H groups in total. The average molecular weight is 316 g/mol. The molecule has 2 aromatic rings. The Hall–Kier alpha value is -2.67. The monoisotopic (exact) mass is 316 g/mol. The molecule has 0 radical (unpaired) electrons. The summed E-state index contributed by atoms with van der Waals surface area (Å²) >= 11 is 0. The van der Waals surface area contributed by atoms with Gasteiger partial charge in [-0.3, -0.25) is 15.0 Å². The number of amides is 1. The summed E-state index contributed by atoms with van der Waals surface area (Å²) in [6, 6.07) is 4.75. The predicted molar refractivity (Wildman–Crippen MR) is 85.1 cm³/mol. The number of nitrogens with one attached hydrogen (secondary N) is 3. The molecule has 1 aliphatic heterocycles. The van der Waals surface area contributed by atoms with Gasteiger partial charge in [0.15, 0.2) is 0 Å². The van der Waals surface area contributed by atoms with Gasteiger partial charge in [0, 0.05) is 12.6 Å². The minimum absolute atomic E-state index is 0.223. The number of hydrazine groups is 1. The molecule has 0 saturated carbocycles. The predicted octanol–water partition coefficient (Wildman–Crippen LogP) is 1.63. The van der Waals surface area contributed by atoms with Crippen LogP contribution < -0.4 is 21.7 Å². The molecule has 23 heavy (non-hydrogen) atoms. The fourth-order valence-corrected chi connectivity index (χ4v) is 2.72. The number of rotatable bonds is 2. The number of benzene rings is 1. The molecule has 0 atom stereocenters. The normalized spacial score (nSPS) is 13.5. The molecule has 0 fully saturated rings. The van der Waals surface area contributed by atoms with Crippen molar-refractivity contribution in [1.82, 2.24) is 15.4 Å². The number of hydrogen-bond donors (Lipinski definition) is 3. The van der Waals surface area contributed by atoms with Gasteiger partial charge in [0.2, 0.25) is 0 Å². The summed E-state index contributed by atoms with van der Waals surface area (Å²) < 4.78 is 15.6. The summed E-state index contributed by atoms with van der Waals surface area (Å²) in [7, 11) is 1.62. The highest BCUT2D eigenvalue weighted by Gasteiger charge is 2.26. The Morgan fingerprint density at radius 1 is 1.26 bits per heavy atom. The summed E-state index contributed by atoms with van der Waals surface area (Å²) in [5, 5.41) is 2.92. The first-order valence-corrected chi connectivity index (χ1v) is 7.19. The number of anilines is 2. The highest BCUT2D eigenvalue weighted by molar-refractivity contribution is 6.02. The SMILES string of the molecule is Cc1ccc(Nc2c3c(n(C)c(=O)c2C)CNNC3=O)c(F)c1. The van der Waals surface area contributed by atoms with Gasteiger partial charge in [-0.2, -0.15) is 0 Å². The van der Waals surface area contributed by atoms with E-state index >= 15 is 0 Å². The van der Waals surface area contributed by atoms with Gasteiger partial charge in [-0.15, -0.1) is 0 Å². The lowest BCUT2D eigenvalue weighted by molar-refractivity contribution is 0.0918. The minimum atomic E-state index is -0.437. The van der Waals surface area contributed by atoms with Crippen molar-refractivity contribution in [3.63, 3.8) is 0 Å². The van der Waals surface area contributed by atoms with E-state index < -0.39 is 5.82 Å². The molecule has 1 aromatic carbocycles. The molecule has 0 aliphatic carbocycles. The Bertz CT molecular complexity index is 873. The van der Waals surface area contributed by atoms with Gasteiger partial charge in [-0.05, 0) is 31.5 Å². The number of pyridine rings is 1. The number of aromatic nitrogens is 1. The second kappa shape index (κ2) is 5.51. The number of aryl methyl sites for hydroxylation is 1. The molecule has 6 nitrogen and oxygen atoms in total. The van der Waals surface area contributed by atoms with E-state index in [4.69, 9.17) is 0 Å². The van der Waals surface area contributed by atoms with Gasteiger partial charge in [-0.1, -0.05) is 6.07 Å². The molecule has 2 heterocycles. The Morgan fingerprint density at radius 3 is 2.70 bits per heavy atom. The molecule has 1 amide bonds. The summed E-state index contributed by atoms with van der Waals surface area (Å²) in [6.07, 6.45) is 0. The van der Waals surface area contributed by atoms with Crippen molar-refractivity contribution in [1.29, 1.82) is 0 Å². The van der Waals surface area contributed by atoms with Crippen molar-refractivity contribution in [3.05, 3.63) is 56.8 Å². The van der Waals surface area contributed by atoms with Gasteiger partial charge in [-0.25, -0.2) is 9.82 Å². The van der Waals surface area contributed by atoms with E-state index in [0.717, 1.165) is 5.56 Å². The lowest BCUT2D eigenvalue weighted by atomic mass is 10.0. The zero-order chi connectivity index (χ0) is 16.7. The maximum absolute atomic E-state index is 14.1. The van der Waals surface area contributed by atoms with Crippen LogP contribution in [-0.4, -0.2) is 10.5 Å². The second-order valence-electron chi connectivity index (χ2n) is 5.60. The molecular weight excluding hydrogens is 299 g/mol. The van der Waals surface area contributed by atoms with Crippen molar-refractivity contribution < 1.29 is 9.18 Å². The topological polar surface area (TPSA) is 75.2 Å². The standard InChI is InChI=1S/C16H17FN4O2/c1-8-4-5-11(10(17)6-8)19-14-9(2)16(23)21(3)12-7-18-20-15(22)13(12)14/h4-6,18-19H,7H2,1-3H3,(H,20,22). The van der Waals surface area contributed by atoms with Crippen LogP contribution in [0.25, 0.3) is 0 Å². The highest BCUT2D eigenvalue weighted by Crippen LogP contribution is 2.28. The first-order chi connectivity index (χ1) is 10.9. The van der Waals surface area contributed by atoms with Gasteiger partial charge in [0.25, 0.3) is 11.5 Å². The van der Waals surface area contributed by atoms with E-state index in [-0.39, 0.29) is 17.2 Å². The fraction of sp³-hybridized carbons (Fsp3) is 0.250. The number of hydrogen-bond acceptors (Lipinski definition) is 4. The molecule has 120 valence electrons. The van der Waals surface area contributed by atoms with Crippen LogP contribution in [0.2, 0.25) is 0 Å². The largest absolute Gasteiger partial charge is 0.352 e. The summed E-state index contributed by atoms with van der Waals surface area (Å²) in [4.78, 5) is 24.6. The quantitative estimate of drug-likeness (QED) is 0.787. The molecular formula is C16H17FN4O2. The summed E-state index contributed by atoms with van der Waals surface area (Å²) in [5.74, 6) is -0.798. The Kier molecular flexibility index (Phi) is 3.65. The van der Waals surface area contributed by atoms with Crippen molar-refractivity contribution in [2.75, 3.05) is 5.32 Å². The first-order valence-electron chi connectivity index (χ1n) is 7.19. The lowest BCUT2D eigenvalue weighted by Crippen LogP contribution is -2.45. The zero-order valence-corrected chi connectivity index (χ0v) is 13.1.